The number of para-hydroxylation sites is 1. The first kappa shape index (κ1) is 22.3. The molecule has 2 aliphatic rings. The molecule has 3 aromatic rings. The van der Waals surface area contributed by atoms with Crippen LogP contribution < -0.4 is 18.9 Å². The molecule has 0 bridgehead atoms. The second-order valence-electron chi connectivity index (χ2n) is 8.22. The smallest absolute Gasteiger partial charge is 0.203 e. The molecule has 0 saturated carbocycles. The Kier molecular flexibility index (Phi) is 6.22. The first-order valence-corrected chi connectivity index (χ1v) is 10.5. The summed E-state index contributed by atoms with van der Waals surface area (Å²) >= 11 is 0. The summed E-state index contributed by atoms with van der Waals surface area (Å²) in [5.74, 6) is 2.96. The maximum Gasteiger partial charge on any atom is 0.203 e. The van der Waals surface area contributed by atoms with Gasteiger partial charge in [-0.2, -0.15) is 0 Å². The van der Waals surface area contributed by atoms with Crippen LogP contribution in [0.3, 0.4) is 0 Å². The molecule has 5 rings (SSSR count). The van der Waals surface area contributed by atoms with Crippen LogP contribution in [0.15, 0.2) is 60.7 Å². The van der Waals surface area contributed by atoms with Gasteiger partial charge in [0.1, 0.15) is 5.75 Å². The highest BCUT2D eigenvalue weighted by atomic mass is 35.5. The summed E-state index contributed by atoms with van der Waals surface area (Å²) in [6.45, 7) is 2.44. The fourth-order valence-electron chi connectivity index (χ4n) is 4.98. The maximum absolute atomic E-state index is 6.65. The monoisotopic (exact) mass is 453 g/mol. The predicted molar refractivity (Wildman–Crippen MR) is 126 cm³/mol. The average molecular weight is 454 g/mol. The Bertz CT molecular complexity index is 1070. The van der Waals surface area contributed by atoms with Gasteiger partial charge in [-0.1, -0.05) is 42.5 Å². The van der Waals surface area contributed by atoms with E-state index in [0.717, 1.165) is 37.4 Å². The number of hydrogen-bond acceptors (Lipinski definition) is 5. The summed E-state index contributed by atoms with van der Waals surface area (Å²) in [4.78, 5) is 2.44. The Morgan fingerprint density at radius 1 is 0.875 bits per heavy atom. The normalized spacial score (nSPS) is 18.8. The van der Waals surface area contributed by atoms with Crippen molar-refractivity contribution in [1.29, 1.82) is 0 Å². The lowest BCUT2D eigenvalue weighted by molar-refractivity contribution is 0.0223. The number of nitrogens with zero attached hydrogens (tertiary/aromatic N) is 1. The van der Waals surface area contributed by atoms with Crippen molar-refractivity contribution in [3.8, 4) is 23.0 Å². The molecule has 3 aromatic carbocycles. The van der Waals surface area contributed by atoms with Crippen LogP contribution >= 0.6 is 12.4 Å². The van der Waals surface area contributed by atoms with E-state index >= 15 is 0 Å². The molecule has 1 atom stereocenters. The number of rotatable bonds is 5. The SMILES string of the molecule is COc1cc(CN2Cc3ccccc3C3(Cc4ccccc4O3)C2)cc(OC)c1OC.Cl. The lowest BCUT2D eigenvalue weighted by atomic mass is 9.82. The largest absolute Gasteiger partial charge is 0.493 e. The molecule has 0 aliphatic carbocycles. The second kappa shape index (κ2) is 8.93. The van der Waals surface area contributed by atoms with E-state index in [0.29, 0.717) is 17.2 Å². The number of ether oxygens (including phenoxy) is 4. The van der Waals surface area contributed by atoms with Gasteiger partial charge in [-0.15, -0.1) is 12.4 Å². The topological polar surface area (TPSA) is 40.2 Å². The van der Waals surface area contributed by atoms with Crippen LogP contribution in [0.5, 0.6) is 23.0 Å². The molecule has 0 N–H and O–H groups in total. The Hall–Kier alpha value is -2.89. The summed E-state index contributed by atoms with van der Waals surface area (Å²) in [6, 6.07) is 21.1. The molecule has 2 aliphatic heterocycles. The Labute approximate surface area is 195 Å². The van der Waals surface area contributed by atoms with E-state index in [4.69, 9.17) is 18.9 Å². The lowest BCUT2D eigenvalue weighted by Gasteiger charge is -2.41. The number of benzene rings is 3. The highest BCUT2D eigenvalue weighted by Crippen LogP contribution is 2.46. The summed E-state index contributed by atoms with van der Waals surface area (Å²) in [6.07, 6.45) is 0.881. The van der Waals surface area contributed by atoms with Gasteiger partial charge in [0.15, 0.2) is 17.1 Å². The molecule has 2 heterocycles. The van der Waals surface area contributed by atoms with E-state index in [-0.39, 0.29) is 18.0 Å². The van der Waals surface area contributed by atoms with Crippen LogP contribution in [-0.4, -0.2) is 32.8 Å². The number of fused-ring (bicyclic) bond motifs is 3. The van der Waals surface area contributed by atoms with E-state index in [1.807, 2.05) is 18.2 Å². The molecule has 168 valence electrons. The molecule has 6 heteroatoms. The van der Waals surface area contributed by atoms with Crippen LogP contribution in [-0.2, 0) is 25.1 Å². The van der Waals surface area contributed by atoms with E-state index < -0.39 is 0 Å². The van der Waals surface area contributed by atoms with Gasteiger partial charge in [-0.25, -0.2) is 0 Å². The van der Waals surface area contributed by atoms with E-state index in [2.05, 4.69) is 47.4 Å². The van der Waals surface area contributed by atoms with Crippen LogP contribution in [0.2, 0.25) is 0 Å². The van der Waals surface area contributed by atoms with Gasteiger partial charge >= 0.3 is 0 Å². The highest BCUT2D eigenvalue weighted by Gasteiger charge is 2.46. The molecule has 32 heavy (non-hydrogen) atoms. The third-order valence-corrected chi connectivity index (χ3v) is 6.27. The van der Waals surface area contributed by atoms with Gasteiger partial charge in [0.05, 0.1) is 21.3 Å². The zero-order chi connectivity index (χ0) is 21.4. The molecule has 1 spiro atoms. The van der Waals surface area contributed by atoms with E-state index in [1.54, 1.807) is 21.3 Å². The van der Waals surface area contributed by atoms with Gasteiger partial charge in [0.2, 0.25) is 5.75 Å². The fraction of sp³-hybridized carbons (Fsp3) is 0.308. The maximum atomic E-state index is 6.65. The lowest BCUT2D eigenvalue weighted by Crippen LogP contribution is -2.48. The minimum absolute atomic E-state index is 0. The van der Waals surface area contributed by atoms with Crippen LogP contribution in [0.1, 0.15) is 22.3 Å². The highest BCUT2D eigenvalue weighted by molar-refractivity contribution is 5.85. The summed E-state index contributed by atoms with van der Waals surface area (Å²) in [5.41, 5.74) is 4.63. The quantitative estimate of drug-likeness (QED) is 0.545. The fourth-order valence-corrected chi connectivity index (χ4v) is 4.98. The van der Waals surface area contributed by atoms with Crippen LogP contribution in [0.4, 0.5) is 0 Å². The van der Waals surface area contributed by atoms with Crippen molar-refractivity contribution < 1.29 is 18.9 Å². The third kappa shape index (κ3) is 3.76. The van der Waals surface area contributed by atoms with Crippen molar-refractivity contribution >= 4 is 12.4 Å². The molecular formula is C26H28ClNO4. The Morgan fingerprint density at radius 2 is 1.53 bits per heavy atom. The minimum atomic E-state index is -0.362. The van der Waals surface area contributed by atoms with Crippen molar-refractivity contribution in [2.75, 3.05) is 27.9 Å². The van der Waals surface area contributed by atoms with Crippen molar-refractivity contribution in [3.05, 3.63) is 82.9 Å². The van der Waals surface area contributed by atoms with E-state index in [1.165, 1.54) is 16.7 Å². The molecule has 0 radical (unpaired) electrons. The minimum Gasteiger partial charge on any atom is -0.493 e. The standard InChI is InChI=1S/C26H27NO4.ClH/c1-28-23-12-18(13-24(29-2)25(23)30-3)15-27-16-20-9-4-6-10-21(20)26(17-27)14-19-8-5-7-11-22(19)31-26;/h4-13H,14-17H2,1-3H3;1H. The average Bonchev–Trinajstić information content (AvgIpc) is 3.16. The van der Waals surface area contributed by atoms with Crippen molar-refractivity contribution in [2.24, 2.45) is 0 Å². The molecule has 5 nitrogen and oxygen atoms in total. The molecule has 0 amide bonds. The summed E-state index contributed by atoms with van der Waals surface area (Å²) in [7, 11) is 4.92. The zero-order valence-corrected chi connectivity index (χ0v) is 19.4. The number of methoxy groups -OCH3 is 3. The second-order valence-corrected chi connectivity index (χ2v) is 8.22. The van der Waals surface area contributed by atoms with Crippen molar-refractivity contribution in [2.45, 2.75) is 25.1 Å². The molecular weight excluding hydrogens is 426 g/mol. The van der Waals surface area contributed by atoms with Crippen LogP contribution in [0.25, 0.3) is 0 Å². The molecule has 0 aromatic heterocycles. The molecule has 0 saturated heterocycles. The van der Waals surface area contributed by atoms with Gasteiger partial charge in [0.25, 0.3) is 0 Å². The van der Waals surface area contributed by atoms with Gasteiger partial charge in [0, 0.05) is 31.6 Å². The summed E-state index contributed by atoms with van der Waals surface area (Å²) in [5, 5.41) is 0. The van der Waals surface area contributed by atoms with Crippen LogP contribution in [0, 0.1) is 0 Å². The third-order valence-electron chi connectivity index (χ3n) is 6.27. The Balaban J connectivity index is 0.00000245. The Morgan fingerprint density at radius 3 is 2.19 bits per heavy atom. The van der Waals surface area contributed by atoms with Gasteiger partial charge in [-0.05, 0) is 34.9 Å². The first-order chi connectivity index (χ1) is 15.2. The van der Waals surface area contributed by atoms with Crippen molar-refractivity contribution in [1.82, 2.24) is 4.90 Å². The number of halogens is 1. The van der Waals surface area contributed by atoms with Gasteiger partial charge < -0.3 is 18.9 Å². The molecule has 1 unspecified atom stereocenters. The summed E-state index contributed by atoms with van der Waals surface area (Å²) < 4.78 is 23.2. The number of hydrogen-bond donors (Lipinski definition) is 0. The predicted octanol–water partition coefficient (Wildman–Crippen LogP) is 4.98. The molecule has 0 fully saturated rings. The zero-order valence-electron chi connectivity index (χ0n) is 18.6. The van der Waals surface area contributed by atoms with E-state index in [9.17, 15) is 0 Å². The van der Waals surface area contributed by atoms with Crippen molar-refractivity contribution in [3.63, 3.8) is 0 Å². The first-order valence-electron chi connectivity index (χ1n) is 10.5. The van der Waals surface area contributed by atoms with Gasteiger partial charge in [-0.3, -0.25) is 4.90 Å².